The van der Waals surface area contributed by atoms with Gasteiger partial charge in [0.25, 0.3) is 0 Å². The first-order valence-electron chi connectivity index (χ1n) is 2.61. The first kappa shape index (κ1) is 6.67. The number of nitrogen functional groups attached to an aromatic ring is 1. The first-order valence-corrected chi connectivity index (χ1v) is 2.61. The molecule has 1 aromatic heterocycles. The van der Waals surface area contributed by atoms with Crippen LogP contribution in [0.5, 0.6) is 0 Å². The van der Waals surface area contributed by atoms with Crippen LogP contribution in [0, 0.1) is 5.95 Å². The van der Waals surface area contributed by atoms with Crippen LogP contribution < -0.4 is 5.73 Å². The number of anilines is 1. The van der Waals surface area contributed by atoms with E-state index in [1.807, 2.05) is 0 Å². The predicted octanol–water partition coefficient (Wildman–Crippen LogP) is 0.615. The SMILES string of the molecule is Nc1ccc(C=O)c(F)n1. The smallest absolute Gasteiger partial charge is 0.225 e. The van der Waals surface area contributed by atoms with E-state index in [0.717, 1.165) is 0 Å². The number of nitrogens with zero attached hydrogens (tertiary/aromatic N) is 1. The van der Waals surface area contributed by atoms with Gasteiger partial charge < -0.3 is 5.73 Å². The molecule has 0 fully saturated rings. The van der Waals surface area contributed by atoms with E-state index in [-0.39, 0.29) is 11.4 Å². The largest absolute Gasteiger partial charge is 0.384 e. The van der Waals surface area contributed by atoms with E-state index in [0.29, 0.717) is 6.29 Å². The third-order valence-electron chi connectivity index (χ3n) is 1.03. The molecule has 10 heavy (non-hydrogen) atoms. The second-order valence-electron chi connectivity index (χ2n) is 1.73. The molecule has 0 saturated heterocycles. The van der Waals surface area contributed by atoms with Crippen molar-refractivity contribution in [1.29, 1.82) is 0 Å². The molecule has 0 aliphatic carbocycles. The highest BCUT2D eigenvalue weighted by molar-refractivity contribution is 5.74. The molecule has 1 heterocycles. The Morgan fingerprint density at radius 2 is 2.30 bits per heavy atom. The number of carbonyl (C=O) groups is 1. The quantitative estimate of drug-likeness (QED) is 0.459. The van der Waals surface area contributed by atoms with Crippen molar-refractivity contribution in [3.8, 4) is 0 Å². The molecule has 0 unspecified atom stereocenters. The van der Waals surface area contributed by atoms with Crippen molar-refractivity contribution in [2.24, 2.45) is 0 Å². The summed E-state index contributed by atoms with van der Waals surface area (Å²) in [6, 6.07) is 2.65. The molecule has 0 amide bonds. The summed E-state index contributed by atoms with van der Waals surface area (Å²) in [6.45, 7) is 0. The lowest BCUT2D eigenvalue weighted by atomic mass is 10.3. The van der Waals surface area contributed by atoms with Crippen molar-refractivity contribution >= 4 is 12.1 Å². The van der Waals surface area contributed by atoms with Gasteiger partial charge in [-0.25, -0.2) is 4.98 Å². The Hall–Kier alpha value is -1.45. The lowest BCUT2D eigenvalue weighted by Crippen LogP contribution is -1.96. The van der Waals surface area contributed by atoms with Gasteiger partial charge in [-0.3, -0.25) is 4.79 Å². The summed E-state index contributed by atoms with van der Waals surface area (Å²) in [7, 11) is 0. The molecule has 0 atom stereocenters. The van der Waals surface area contributed by atoms with Gasteiger partial charge in [-0.05, 0) is 12.1 Å². The van der Waals surface area contributed by atoms with Gasteiger partial charge in [0.05, 0.1) is 5.56 Å². The maximum absolute atomic E-state index is 12.4. The summed E-state index contributed by atoms with van der Waals surface area (Å²) >= 11 is 0. The molecule has 0 bridgehead atoms. The highest BCUT2D eigenvalue weighted by Gasteiger charge is 2.00. The molecule has 4 heteroatoms. The minimum absolute atomic E-state index is 0.0723. The fraction of sp³-hybridized carbons (Fsp3) is 0. The van der Waals surface area contributed by atoms with Crippen LogP contribution in [0.15, 0.2) is 12.1 Å². The van der Waals surface area contributed by atoms with E-state index in [2.05, 4.69) is 4.98 Å². The normalized spacial score (nSPS) is 9.30. The highest BCUT2D eigenvalue weighted by atomic mass is 19.1. The maximum Gasteiger partial charge on any atom is 0.225 e. The van der Waals surface area contributed by atoms with Crippen LogP contribution in [0.1, 0.15) is 10.4 Å². The Balaban J connectivity index is 3.19. The van der Waals surface area contributed by atoms with E-state index in [4.69, 9.17) is 5.73 Å². The minimum atomic E-state index is -0.824. The zero-order valence-corrected chi connectivity index (χ0v) is 5.04. The number of aldehydes is 1. The number of rotatable bonds is 1. The average Bonchev–Trinajstić information content (AvgIpc) is 1.88. The van der Waals surface area contributed by atoms with Gasteiger partial charge in [0.15, 0.2) is 6.29 Å². The van der Waals surface area contributed by atoms with Crippen LogP contribution in [0.4, 0.5) is 10.2 Å². The van der Waals surface area contributed by atoms with Crippen LogP contribution in [0.25, 0.3) is 0 Å². The Morgan fingerprint density at radius 1 is 1.60 bits per heavy atom. The Labute approximate surface area is 56.7 Å². The highest BCUT2D eigenvalue weighted by Crippen LogP contribution is 2.03. The molecule has 0 aliphatic heterocycles. The molecule has 1 aromatic rings. The molecule has 0 radical (unpaired) electrons. The van der Waals surface area contributed by atoms with Gasteiger partial charge in [0, 0.05) is 0 Å². The average molecular weight is 140 g/mol. The third kappa shape index (κ3) is 1.10. The topological polar surface area (TPSA) is 56.0 Å². The van der Waals surface area contributed by atoms with Gasteiger partial charge in [0.2, 0.25) is 5.95 Å². The number of hydrogen-bond acceptors (Lipinski definition) is 3. The summed E-state index contributed by atoms with van der Waals surface area (Å²) < 4.78 is 12.4. The number of carbonyl (C=O) groups excluding carboxylic acids is 1. The van der Waals surface area contributed by atoms with Gasteiger partial charge in [-0.2, -0.15) is 4.39 Å². The summed E-state index contributed by atoms with van der Waals surface area (Å²) in [4.78, 5) is 13.2. The van der Waals surface area contributed by atoms with Crippen LogP contribution in [-0.4, -0.2) is 11.3 Å². The summed E-state index contributed by atoms with van der Waals surface area (Å²) in [6.07, 6.45) is 0.391. The van der Waals surface area contributed by atoms with Crippen molar-refractivity contribution in [3.05, 3.63) is 23.6 Å². The second-order valence-corrected chi connectivity index (χ2v) is 1.73. The van der Waals surface area contributed by atoms with E-state index < -0.39 is 5.95 Å². The molecule has 3 nitrogen and oxygen atoms in total. The fourth-order valence-corrected chi connectivity index (χ4v) is 0.547. The Bertz CT molecular complexity index is 262. The van der Waals surface area contributed by atoms with Crippen molar-refractivity contribution in [1.82, 2.24) is 4.98 Å². The molecule has 1 rings (SSSR count). The zero-order chi connectivity index (χ0) is 7.56. The van der Waals surface area contributed by atoms with Gasteiger partial charge in [0.1, 0.15) is 5.82 Å². The van der Waals surface area contributed by atoms with E-state index >= 15 is 0 Å². The summed E-state index contributed by atoms with van der Waals surface area (Å²) in [5.41, 5.74) is 5.04. The van der Waals surface area contributed by atoms with Crippen LogP contribution in [0.3, 0.4) is 0 Å². The second kappa shape index (κ2) is 2.43. The molecule has 0 spiro atoms. The van der Waals surface area contributed by atoms with E-state index in [1.54, 1.807) is 0 Å². The molecular weight excluding hydrogens is 135 g/mol. The van der Waals surface area contributed by atoms with Crippen molar-refractivity contribution in [2.45, 2.75) is 0 Å². The van der Waals surface area contributed by atoms with Crippen molar-refractivity contribution in [2.75, 3.05) is 5.73 Å². The zero-order valence-electron chi connectivity index (χ0n) is 5.04. The van der Waals surface area contributed by atoms with Gasteiger partial charge in [-0.1, -0.05) is 0 Å². The molecule has 52 valence electrons. The summed E-state index contributed by atoms with van der Waals surface area (Å²) in [5.74, 6) is -0.752. The van der Waals surface area contributed by atoms with E-state index in [9.17, 15) is 9.18 Å². The fourth-order valence-electron chi connectivity index (χ4n) is 0.547. The minimum Gasteiger partial charge on any atom is -0.384 e. The number of nitrogens with two attached hydrogens (primary N) is 1. The van der Waals surface area contributed by atoms with Crippen molar-refractivity contribution in [3.63, 3.8) is 0 Å². The monoisotopic (exact) mass is 140 g/mol. The van der Waals surface area contributed by atoms with Crippen LogP contribution in [0.2, 0.25) is 0 Å². The summed E-state index contributed by atoms with van der Waals surface area (Å²) in [5, 5.41) is 0. The van der Waals surface area contributed by atoms with Gasteiger partial charge in [-0.15, -0.1) is 0 Å². The number of aromatic nitrogens is 1. The Morgan fingerprint density at radius 3 is 2.80 bits per heavy atom. The maximum atomic E-state index is 12.4. The lowest BCUT2D eigenvalue weighted by molar-refractivity contribution is 0.111. The molecular formula is C6H5FN2O. The van der Waals surface area contributed by atoms with Crippen LogP contribution >= 0.6 is 0 Å². The lowest BCUT2D eigenvalue weighted by Gasteiger charge is -1.93. The van der Waals surface area contributed by atoms with E-state index in [1.165, 1.54) is 12.1 Å². The first-order chi connectivity index (χ1) is 4.74. The van der Waals surface area contributed by atoms with Crippen molar-refractivity contribution < 1.29 is 9.18 Å². The Kier molecular flexibility index (Phi) is 1.62. The third-order valence-corrected chi connectivity index (χ3v) is 1.03. The number of halogens is 1. The molecule has 2 N–H and O–H groups in total. The molecule has 0 aromatic carbocycles. The predicted molar refractivity (Wildman–Crippen MR) is 34.0 cm³/mol. The molecule has 0 saturated carbocycles. The molecule has 0 aliphatic rings. The van der Waals surface area contributed by atoms with Crippen LogP contribution in [-0.2, 0) is 0 Å². The number of pyridine rings is 1. The number of hydrogen-bond donors (Lipinski definition) is 1. The standard InChI is InChI=1S/C6H5FN2O/c7-6-4(3-10)1-2-5(8)9-6/h1-3H,(H2,8,9). The van der Waals surface area contributed by atoms with Gasteiger partial charge >= 0.3 is 0 Å².